The van der Waals surface area contributed by atoms with E-state index in [1.165, 1.54) is 4.90 Å². The van der Waals surface area contributed by atoms with Gasteiger partial charge in [-0.25, -0.2) is 0 Å². The van der Waals surface area contributed by atoms with Gasteiger partial charge in [-0.05, 0) is 29.7 Å². The molecule has 3 aromatic rings. The van der Waals surface area contributed by atoms with Gasteiger partial charge in [0.25, 0.3) is 0 Å². The number of imide groups is 1. The molecule has 2 amide bonds. The Morgan fingerprint density at radius 3 is 2.00 bits per heavy atom. The summed E-state index contributed by atoms with van der Waals surface area (Å²) in [5, 5.41) is 0.497. The molecule has 35 heavy (non-hydrogen) atoms. The van der Waals surface area contributed by atoms with Gasteiger partial charge in [0.2, 0.25) is 29.0 Å². The van der Waals surface area contributed by atoms with Crippen LogP contribution in [-0.4, -0.2) is 40.4 Å². The van der Waals surface area contributed by atoms with Crippen molar-refractivity contribution in [1.82, 2.24) is 4.90 Å². The highest BCUT2D eigenvalue weighted by molar-refractivity contribution is 6.35. The van der Waals surface area contributed by atoms with Crippen molar-refractivity contribution >= 4 is 35.0 Å². The Hall–Kier alpha value is -3.61. The number of carbonyl (C=O) groups is 4. The smallest absolute Gasteiger partial charge is 0.237 e. The second-order valence-corrected chi connectivity index (χ2v) is 9.53. The molecule has 7 heteroatoms. The second kappa shape index (κ2) is 7.97. The molecule has 3 aliphatic rings. The lowest BCUT2D eigenvalue weighted by Gasteiger charge is -2.27. The number of rotatable bonds is 4. The summed E-state index contributed by atoms with van der Waals surface area (Å²) in [6.45, 7) is 0.160. The zero-order chi connectivity index (χ0) is 24.3. The van der Waals surface area contributed by atoms with Crippen LogP contribution < -0.4 is 0 Å². The Morgan fingerprint density at radius 2 is 1.37 bits per heavy atom. The molecule has 2 aliphatic heterocycles. The zero-order valence-electron chi connectivity index (χ0n) is 18.5. The Labute approximate surface area is 206 Å². The summed E-state index contributed by atoms with van der Waals surface area (Å²) in [7, 11) is 0. The number of nitrogens with zero attached hydrogens (tertiary/aromatic N) is 1. The van der Waals surface area contributed by atoms with Crippen molar-refractivity contribution in [2.75, 3.05) is 6.54 Å². The third kappa shape index (κ3) is 3.07. The van der Waals surface area contributed by atoms with E-state index in [0.717, 1.165) is 5.56 Å². The molecule has 2 heterocycles. The normalized spacial score (nSPS) is 24.4. The minimum atomic E-state index is -2.05. The lowest BCUT2D eigenvalue weighted by atomic mass is 9.77. The van der Waals surface area contributed by atoms with Crippen LogP contribution in [0.5, 0.6) is 0 Å². The first-order valence-electron chi connectivity index (χ1n) is 11.4. The zero-order valence-corrected chi connectivity index (χ0v) is 19.3. The Morgan fingerprint density at radius 1 is 0.771 bits per heavy atom. The highest BCUT2D eigenvalue weighted by Gasteiger charge is 2.74. The number of amides is 2. The number of fused-ring (bicyclic) bond motifs is 3. The number of hydrogen-bond donors (Lipinski definition) is 0. The first-order chi connectivity index (χ1) is 16.9. The fourth-order valence-corrected chi connectivity index (χ4v) is 5.76. The second-order valence-electron chi connectivity index (χ2n) is 9.10. The van der Waals surface area contributed by atoms with Gasteiger partial charge in [0.05, 0.1) is 17.9 Å². The van der Waals surface area contributed by atoms with Crippen molar-refractivity contribution in [3.63, 3.8) is 0 Å². The number of Topliss-reactive ketones (excluding diaryl/α,β-unsaturated/α-hetero) is 2. The number of halogens is 1. The highest BCUT2D eigenvalue weighted by atomic mass is 35.5. The predicted molar refractivity (Wildman–Crippen MR) is 127 cm³/mol. The third-order valence-corrected chi connectivity index (χ3v) is 7.53. The molecular formula is C28H20ClNO5. The molecule has 3 atom stereocenters. The molecule has 6 nitrogen and oxygen atoms in total. The van der Waals surface area contributed by atoms with Crippen molar-refractivity contribution in [1.29, 1.82) is 0 Å². The monoisotopic (exact) mass is 485 g/mol. The van der Waals surface area contributed by atoms with Gasteiger partial charge >= 0.3 is 0 Å². The summed E-state index contributed by atoms with van der Waals surface area (Å²) in [4.78, 5) is 56.0. The first kappa shape index (κ1) is 21.9. The summed E-state index contributed by atoms with van der Waals surface area (Å²) in [6, 6.07) is 22.7. The van der Waals surface area contributed by atoms with E-state index in [2.05, 4.69) is 0 Å². The van der Waals surface area contributed by atoms with Gasteiger partial charge < -0.3 is 4.74 Å². The quantitative estimate of drug-likeness (QED) is 0.411. The third-order valence-electron chi connectivity index (χ3n) is 7.28. The van der Waals surface area contributed by atoms with Crippen molar-refractivity contribution in [3.05, 3.63) is 106 Å². The summed E-state index contributed by atoms with van der Waals surface area (Å²) < 4.78 is 6.25. The molecule has 174 valence electrons. The van der Waals surface area contributed by atoms with Gasteiger partial charge in [0, 0.05) is 22.7 Å². The van der Waals surface area contributed by atoms with E-state index in [-0.39, 0.29) is 17.7 Å². The molecule has 0 bridgehead atoms. The Balaban J connectivity index is 1.44. The SMILES string of the molecule is O=C1[C@@H]2[C@@H](c3ccc(Cl)cc3)OC3(C(=O)c4ccccc4C3=O)[C@@H]2C(=O)N1CCc1ccccc1. The van der Waals surface area contributed by atoms with Gasteiger partial charge in [0.1, 0.15) is 0 Å². The maximum absolute atomic E-state index is 13.8. The number of ketones is 2. The minimum absolute atomic E-state index is 0.160. The number of carbonyl (C=O) groups excluding carboxylic acids is 4. The summed E-state index contributed by atoms with van der Waals surface area (Å²) in [6.07, 6.45) is -0.461. The molecule has 0 aromatic heterocycles. The van der Waals surface area contributed by atoms with Crippen molar-refractivity contribution in [2.45, 2.75) is 18.1 Å². The Bertz CT molecular complexity index is 1350. The van der Waals surface area contributed by atoms with Crippen LogP contribution in [0.4, 0.5) is 0 Å². The molecule has 1 spiro atoms. The molecular weight excluding hydrogens is 466 g/mol. The van der Waals surface area contributed by atoms with Crippen LogP contribution in [0, 0.1) is 11.8 Å². The van der Waals surface area contributed by atoms with Crippen LogP contribution in [0.3, 0.4) is 0 Å². The minimum Gasteiger partial charge on any atom is -0.349 e. The van der Waals surface area contributed by atoms with E-state index >= 15 is 0 Å². The summed E-state index contributed by atoms with van der Waals surface area (Å²) in [5.41, 5.74) is -0.0472. The van der Waals surface area contributed by atoms with Crippen LogP contribution in [0.25, 0.3) is 0 Å². The fraction of sp³-hybridized carbons (Fsp3) is 0.214. The average Bonchev–Trinajstić information content (AvgIpc) is 3.44. The van der Waals surface area contributed by atoms with E-state index in [0.29, 0.717) is 17.0 Å². The predicted octanol–water partition coefficient (Wildman–Crippen LogP) is 4.07. The molecule has 0 saturated carbocycles. The van der Waals surface area contributed by atoms with Crippen LogP contribution in [0.15, 0.2) is 78.9 Å². The Kier molecular flexibility index (Phi) is 4.99. The van der Waals surface area contributed by atoms with E-state index in [9.17, 15) is 19.2 Å². The van der Waals surface area contributed by atoms with E-state index in [1.807, 2.05) is 30.3 Å². The molecule has 0 radical (unpaired) electrons. The molecule has 3 aromatic carbocycles. The molecule has 0 unspecified atom stereocenters. The largest absolute Gasteiger partial charge is 0.349 e. The van der Waals surface area contributed by atoms with Crippen LogP contribution in [0.1, 0.15) is 37.9 Å². The van der Waals surface area contributed by atoms with Gasteiger partial charge in [-0.2, -0.15) is 0 Å². The highest BCUT2D eigenvalue weighted by Crippen LogP contribution is 2.57. The molecule has 0 N–H and O–H groups in total. The lowest BCUT2D eigenvalue weighted by molar-refractivity contribution is -0.144. The number of likely N-dealkylation sites (tertiary alicyclic amines) is 1. The van der Waals surface area contributed by atoms with Gasteiger partial charge in [-0.1, -0.05) is 78.3 Å². The maximum atomic E-state index is 13.8. The molecule has 2 saturated heterocycles. The molecule has 6 rings (SSSR count). The standard InChI is InChI=1S/C28H20ClNO5/c29-18-12-10-17(11-13-18)23-21-22(27(34)30(26(21)33)15-14-16-6-2-1-3-7-16)28(35-23)24(31)19-8-4-5-9-20(19)25(28)32/h1-13,21-23H,14-15H2/t21-,22-,23+/m0/s1. The lowest BCUT2D eigenvalue weighted by Crippen LogP contribution is -2.51. The van der Waals surface area contributed by atoms with Crippen molar-refractivity contribution in [3.8, 4) is 0 Å². The van der Waals surface area contributed by atoms with E-state index in [1.54, 1.807) is 48.5 Å². The van der Waals surface area contributed by atoms with E-state index < -0.39 is 46.9 Å². The number of hydrogen-bond acceptors (Lipinski definition) is 5. The fourth-order valence-electron chi connectivity index (χ4n) is 5.64. The topological polar surface area (TPSA) is 80.8 Å². The first-order valence-corrected chi connectivity index (χ1v) is 11.8. The van der Waals surface area contributed by atoms with Gasteiger partial charge in [-0.3, -0.25) is 24.1 Å². The van der Waals surface area contributed by atoms with Gasteiger partial charge in [-0.15, -0.1) is 0 Å². The average molecular weight is 486 g/mol. The van der Waals surface area contributed by atoms with Crippen molar-refractivity contribution < 1.29 is 23.9 Å². The number of ether oxygens (including phenoxy) is 1. The molecule has 2 fully saturated rings. The van der Waals surface area contributed by atoms with Crippen LogP contribution >= 0.6 is 11.6 Å². The molecule has 1 aliphatic carbocycles. The van der Waals surface area contributed by atoms with Gasteiger partial charge in [0.15, 0.2) is 0 Å². The van der Waals surface area contributed by atoms with Crippen molar-refractivity contribution in [2.24, 2.45) is 11.8 Å². The van der Waals surface area contributed by atoms with Crippen LogP contribution in [-0.2, 0) is 20.7 Å². The maximum Gasteiger partial charge on any atom is 0.237 e. The summed E-state index contributed by atoms with van der Waals surface area (Å²) in [5.74, 6) is -4.29. The van der Waals surface area contributed by atoms with Crippen LogP contribution in [0.2, 0.25) is 5.02 Å². The van der Waals surface area contributed by atoms with E-state index in [4.69, 9.17) is 16.3 Å². The number of benzene rings is 3. The summed E-state index contributed by atoms with van der Waals surface area (Å²) >= 11 is 6.05.